The summed E-state index contributed by atoms with van der Waals surface area (Å²) in [6, 6.07) is 1.23. The SMILES string of the molecule is CC(C)(C)OC(=O)NC(CC1CCC1)C(O)[13C]#N. The predicted octanol–water partition coefficient (Wildman–Crippen LogP) is 1.95. The topological polar surface area (TPSA) is 82.3 Å². The summed E-state index contributed by atoms with van der Waals surface area (Å²) in [6.45, 7) is 5.32. The highest BCUT2D eigenvalue weighted by Gasteiger charge is 2.29. The molecule has 18 heavy (non-hydrogen) atoms. The molecule has 1 amide bonds. The van der Waals surface area contributed by atoms with Crippen LogP contribution in [0.25, 0.3) is 0 Å². The lowest BCUT2D eigenvalue weighted by Crippen LogP contribution is -2.46. The fraction of sp³-hybridized carbons (Fsp3) is 0.846. The minimum absolute atomic E-state index is 0.493. The fourth-order valence-electron chi connectivity index (χ4n) is 1.90. The fourth-order valence-corrected chi connectivity index (χ4v) is 1.90. The summed E-state index contributed by atoms with van der Waals surface area (Å²) in [5, 5.41) is 21.0. The number of nitrogens with zero attached hydrogens (tertiary/aromatic N) is 1. The molecule has 0 heterocycles. The number of rotatable bonds is 4. The maximum Gasteiger partial charge on any atom is 0.407 e. The van der Waals surface area contributed by atoms with E-state index in [-0.39, 0.29) is 0 Å². The van der Waals surface area contributed by atoms with Gasteiger partial charge in [-0.1, -0.05) is 19.3 Å². The van der Waals surface area contributed by atoms with Crippen LogP contribution in [0, 0.1) is 17.2 Å². The number of hydrogen-bond donors (Lipinski definition) is 2. The highest BCUT2D eigenvalue weighted by Crippen LogP contribution is 2.31. The Hall–Kier alpha value is -1.28. The summed E-state index contributed by atoms with van der Waals surface area (Å²) in [5.74, 6) is 0.493. The molecule has 2 unspecified atom stereocenters. The summed E-state index contributed by atoms with van der Waals surface area (Å²) in [7, 11) is 0. The van der Waals surface area contributed by atoms with Crippen LogP contribution in [0.5, 0.6) is 0 Å². The van der Waals surface area contributed by atoms with Gasteiger partial charge in [0.1, 0.15) is 5.60 Å². The van der Waals surface area contributed by atoms with Crippen molar-refractivity contribution in [2.45, 2.75) is 64.2 Å². The van der Waals surface area contributed by atoms with Gasteiger partial charge in [-0.3, -0.25) is 0 Å². The maximum absolute atomic E-state index is 11.6. The third kappa shape index (κ3) is 4.92. The maximum atomic E-state index is 11.6. The molecule has 5 heteroatoms. The van der Waals surface area contributed by atoms with E-state index in [2.05, 4.69) is 5.32 Å². The number of nitriles is 1. The van der Waals surface area contributed by atoms with Crippen molar-refractivity contribution in [3.05, 3.63) is 0 Å². The molecule has 0 radical (unpaired) electrons. The van der Waals surface area contributed by atoms with E-state index in [1.807, 2.05) is 0 Å². The zero-order valence-corrected chi connectivity index (χ0v) is 11.3. The Bertz CT molecular complexity index is 326. The first-order chi connectivity index (χ1) is 8.31. The first-order valence-corrected chi connectivity index (χ1v) is 6.39. The molecule has 1 aliphatic carbocycles. The van der Waals surface area contributed by atoms with Gasteiger partial charge in [-0.05, 0) is 33.1 Å². The van der Waals surface area contributed by atoms with Crippen LogP contribution in [-0.2, 0) is 4.74 Å². The van der Waals surface area contributed by atoms with Gasteiger partial charge in [0.15, 0.2) is 6.10 Å². The zero-order chi connectivity index (χ0) is 13.8. The van der Waals surface area contributed by atoms with Gasteiger partial charge in [0.05, 0.1) is 12.1 Å². The van der Waals surface area contributed by atoms with Gasteiger partial charge >= 0.3 is 6.09 Å². The second-order valence-electron chi connectivity index (χ2n) is 5.86. The van der Waals surface area contributed by atoms with Crippen molar-refractivity contribution in [3.63, 3.8) is 0 Å². The molecule has 5 nitrogen and oxygen atoms in total. The Labute approximate surface area is 108 Å². The molecule has 1 fully saturated rings. The van der Waals surface area contributed by atoms with Crippen LogP contribution >= 0.6 is 0 Å². The number of amides is 1. The molecule has 102 valence electrons. The molecule has 0 aromatic heterocycles. The average Bonchev–Trinajstić information content (AvgIpc) is 2.17. The average molecular weight is 255 g/mol. The minimum Gasteiger partial charge on any atom is -0.444 e. The normalized spacial score (nSPS) is 19.3. The summed E-state index contributed by atoms with van der Waals surface area (Å²) in [4.78, 5) is 11.6. The molecular weight excluding hydrogens is 233 g/mol. The van der Waals surface area contributed by atoms with E-state index in [9.17, 15) is 9.90 Å². The van der Waals surface area contributed by atoms with Gasteiger partial charge < -0.3 is 15.2 Å². The van der Waals surface area contributed by atoms with Crippen molar-refractivity contribution in [1.82, 2.24) is 5.32 Å². The molecule has 0 saturated heterocycles. The van der Waals surface area contributed by atoms with Crippen LogP contribution in [0.15, 0.2) is 0 Å². The third-order valence-corrected chi connectivity index (χ3v) is 3.03. The second kappa shape index (κ2) is 6.05. The first-order valence-electron chi connectivity index (χ1n) is 6.39. The minimum atomic E-state index is -1.18. The van der Waals surface area contributed by atoms with E-state index in [0.717, 1.165) is 12.8 Å². The highest BCUT2D eigenvalue weighted by molar-refractivity contribution is 5.68. The molecule has 0 bridgehead atoms. The lowest BCUT2D eigenvalue weighted by Gasteiger charge is -2.31. The molecule has 0 aromatic carbocycles. The molecule has 0 aromatic rings. The molecule has 2 N–H and O–H groups in total. The summed E-state index contributed by atoms with van der Waals surface area (Å²) >= 11 is 0. The van der Waals surface area contributed by atoms with Crippen LogP contribution in [0.3, 0.4) is 0 Å². The molecule has 1 rings (SSSR count). The molecule has 0 spiro atoms. The number of alkyl carbamates (subject to hydrolysis) is 1. The van der Waals surface area contributed by atoms with Crippen LogP contribution < -0.4 is 5.32 Å². The van der Waals surface area contributed by atoms with Gasteiger partial charge in [-0.15, -0.1) is 0 Å². The Morgan fingerprint density at radius 2 is 2.17 bits per heavy atom. The first kappa shape index (κ1) is 14.8. The van der Waals surface area contributed by atoms with Crippen LogP contribution in [-0.4, -0.2) is 28.9 Å². The van der Waals surface area contributed by atoms with Gasteiger partial charge in [-0.2, -0.15) is 5.26 Å². The second-order valence-corrected chi connectivity index (χ2v) is 5.86. The van der Waals surface area contributed by atoms with Crippen LogP contribution in [0.4, 0.5) is 4.79 Å². The van der Waals surface area contributed by atoms with E-state index in [0.29, 0.717) is 12.3 Å². The monoisotopic (exact) mass is 255 g/mol. The van der Waals surface area contributed by atoms with E-state index in [1.54, 1.807) is 26.8 Å². The van der Waals surface area contributed by atoms with Crippen molar-refractivity contribution in [2.24, 2.45) is 5.92 Å². The van der Waals surface area contributed by atoms with E-state index < -0.39 is 23.8 Å². The number of ether oxygens (including phenoxy) is 1. The Morgan fingerprint density at radius 1 is 1.56 bits per heavy atom. The van der Waals surface area contributed by atoms with Crippen molar-refractivity contribution < 1.29 is 14.6 Å². The van der Waals surface area contributed by atoms with Crippen molar-refractivity contribution in [2.75, 3.05) is 0 Å². The van der Waals surface area contributed by atoms with Crippen molar-refractivity contribution in [1.29, 1.82) is 5.26 Å². The smallest absolute Gasteiger partial charge is 0.407 e. The lowest BCUT2D eigenvalue weighted by molar-refractivity contribution is 0.0432. The number of hydrogen-bond acceptors (Lipinski definition) is 4. The van der Waals surface area contributed by atoms with Gasteiger partial charge in [-0.25, -0.2) is 4.79 Å². The summed E-state index contributed by atoms with van der Waals surface area (Å²) in [5.41, 5.74) is -0.581. The van der Waals surface area contributed by atoms with E-state index in [4.69, 9.17) is 10.00 Å². The third-order valence-electron chi connectivity index (χ3n) is 3.03. The van der Waals surface area contributed by atoms with Crippen molar-refractivity contribution >= 4 is 6.09 Å². The number of aliphatic hydroxyl groups is 1. The largest absolute Gasteiger partial charge is 0.444 e. The molecule has 0 aliphatic heterocycles. The number of carbonyl (C=O) groups is 1. The Balaban J connectivity index is 2.49. The van der Waals surface area contributed by atoms with Crippen molar-refractivity contribution in [3.8, 4) is 6.07 Å². The summed E-state index contributed by atoms with van der Waals surface area (Å²) in [6.07, 6.45) is 2.26. The molecular formula is C13H22N2O3. The highest BCUT2D eigenvalue weighted by atomic mass is 16.6. The summed E-state index contributed by atoms with van der Waals surface area (Å²) < 4.78 is 5.13. The van der Waals surface area contributed by atoms with E-state index >= 15 is 0 Å². The molecule has 1 saturated carbocycles. The van der Waals surface area contributed by atoms with Gasteiger partial charge in [0, 0.05) is 0 Å². The Kier molecular flexibility index (Phi) is 4.97. The standard InChI is InChI=1S/C13H22N2O3/c1-13(2,3)18-12(17)15-10(11(16)8-14)7-9-5-4-6-9/h9-11,16H,4-7H2,1-3H3,(H,15,17)/i8+1. The van der Waals surface area contributed by atoms with Crippen LogP contribution in [0.2, 0.25) is 0 Å². The lowest BCUT2D eigenvalue weighted by atomic mass is 9.80. The molecule has 1 aliphatic rings. The van der Waals surface area contributed by atoms with Gasteiger partial charge in [0.2, 0.25) is 0 Å². The number of carbonyl (C=O) groups excluding carboxylic acids is 1. The van der Waals surface area contributed by atoms with Crippen LogP contribution in [0.1, 0.15) is 46.5 Å². The van der Waals surface area contributed by atoms with Gasteiger partial charge in [0.25, 0.3) is 0 Å². The predicted molar refractivity (Wildman–Crippen MR) is 66.7 cm³/mol. The number of nitrogens with one attached hydrogen (secondary N) is 1. The van der Waals surface area contributed by atoms with E-state index in [1.165, 1.54) is 6.42 Å². The Morgan fingerprint density at radius 3 is 2.56 bits per heavy atom. The quantitative estimate of drug-likeness (QED) is 0.594. The zero-order valence-electron chi connectivity index (χ0n) is 11.3. The number of aliphatic hydroxyl groups excluding tert-OH is 1. The molecule has 2 atom stereocenters.